The molecule has 1 aliphatic heterocycles. The first-order valence-electron chi connectivity index (χ1n) is 7.17. The summed E-state index contributed by atoms with van der Waals surface area (Å²) in [7, 11) is 0. The highest BCUT2D eigenvalue weighted by atomic mass is 79.9. The minimum Gasteiger partial charge on any atom is -0.454 e. The van der Waals surface area contributed by atoms with Gasteiger partial charge in [0.05, 0.1) is 0 Å². The second-order valence-corrected chi connectivity index (χ2v) is 6.42. The van der Waals surface area contributed by atoms with Crippen molar-refractivity contribution in [2.75, 3.05) is 19.9 Å². The normalized spacial score (nSPS) is 24.3. The van der Waals surface area contributed by atoms with Crippen LogP contribution in [0.1, 0.15) is 24.8 Å². The second-order valence-electron chi connectivity index (χ2n) is 5.56. The van der Waals surface area contributed by atoms with Crippen LogP contribution in [0.25, 0.3) is 0 Å². The van der Waals surface area contributed by atoms with Crippen LogP contribution in [0.5, 0.6) is 11.5 Å². The number of halogens is 1. The summed E-state index contributed by atoms with van der Waals surface area (Å²) < 4.78 is 11.8. The maximum atomic E-state index is 9.34. The van der Waals surface area contributed by atoms with Crippen LogP contribution in [0.2, 0.25) is 0 Å². The molecule has 0 saturated heterocycles. The highest BCUT2D eigenvalue weighted by molar-refractivity contribution is 9.10. The minimum absolute atomic E-state index is 0.304. The summed E-state index contributed by atoms with van der Waals surface area (Å²) in [6.07, 6.45) is 3.63. The van der Waals surface area contributed by atoms with E-state index in [2.05, 4.69) is 21.2 Å². The summed E-state index contributed by atoms with van der Waals surface area (Å²) in [5.41, 5.74) is 1.17. The molecular formula is C15H20BrNO3. The Balaban J connectivity index is 1.56. The molecule has 1 aromatic rings. The number of hydrogen-bond donors (Lipinski definition) is 2. The van der Waals surface area contributed by atoms with Crippen molar-refractivity contribution in [3.8, 4) is 11.5 Å². The van der Waals surface area contributed by atoms with Crippen LogP contribution in [0.3, 0.4) is 0 Å². The van der Waals surface area contributed by atoms with Gasteiger partial charge in [-0.05, 0) is 48.9 Å². The molecule has 1 aromatic carbocycles. The maximum absolute atomic E-state index is 9.34. The van der Waals surface area contributed by atoms with Crippen molar-refractivity contribution in [1.29, 1.82) is 0 Å². The Bertz CT molecular complexity index is 480. The molecule has 1 saturated carbocycles. The van der Waals surface area contributed by atoms with Gasteiger partial charge >= 0.3 is 0 Å². The van der Waals surface area contributed by atoms with Gasteiger partial charge in [0.2, 0.25) is 6.79 Å². The molecule has 1 fully saturated rings. The Morgan fingerprint density at radius 3 is 2.75 bits per heavy atom. The molecule has 4 nitrogen and oxygen atoms in total. The molecule has 0 spiro atoms. The van der Waals surface area contributed by atoms with Crippen molar-refractivity contribution in [3.63, 3.8) is 0 Å². The van der Waals surface area contributed by atoms with E-state index in [9.17, 15) is 5.11 Å². The molecule has 0 amide bonds. The first-order chi connectivity index (χ1) is 9.78. The number of hydrogen-bond acceptors (Lipinski definition) is 4. The van der Waals surface area contributed by atoms with E-state index in [1.165, 1.54) is 18.4 Å². The summed E-state index contributed by atoms with van der Waals surface area (Å²) in [6, 6.07) is 3.99. The Kier molecular flexibility index (Phi) is 4.48. The largest absolute Gasteiger partial charge is 0.454 e. The zero-order chi connectivity index (χ0) is 13.9. The average Bonchev–Trinajstić information content (AvgIpc) is 3.07. The third kappa shape index (κ3) is 2.95. The number of ether oxygens (including phenoxy) is 2. The van der Waals surface area contributed by atoms with Gasteiger partial charge in [-0.3, -0.25) is 0 Å². The first kappa shape index (κ1) is 14.2. The number of nitrogens with one attached hydrogen (secondary N) is 1. The van der Waals surface area contributed by atoms with Gasteiger partial charge in [-0.1, -0.05) is 22.4 Å². The third-order valence-corrected chi connectivity index (χ3v) is 5.05. The Labute approximate surface area is 127 Å². The molecule has 1 aliphatic carbocycles. The molecule has 3 rings (SSSR count). The maximum Gasteiger partial charge on any atom is 0.231 e. The van der Waals surface area contributed by atoms with E-state index >= 15 is 0 Å². The predicted octanol–water partition coefficient (Wildman–Crippen LogP) is 2.68. The zero-order valence-corrected chi connectivity index (χ0v) is 13.0. The Hall–Kier alpha value is -0.780. The van der Waals surface area contributed by atoms with E-state index < -0.39 is 0 Å². The summed E-state index contributed by atoms with van der Waals surface area (Å²) in [4.78, 5) is 0. The lowest BCUT2D eigenvalue weighted by molar-refractivity contribution is 0.174. The predicted molar refractivity (Wildman–Crippen MR) is 79.9 cm³/mol. The van der Waals surface area contributed by atoms with Gasteiger partial charge in [-0.25, -0.2) is 0 Å². The molecule has 0 aromatic heterocycles. The van der Waals surface area contributed by atoms with E-state index in [1.54, 1.807) is 0 Å². The van der Waals surface area contributed by atoms with Crippen molar-refractivity contribution in [2.45, 2.75) is 25.8 Å². The molecule has 2 N–H and O–H groups in total. The van der Waals surface area contributed by atoms with Crippen molar-refractivity contribution in [2.24, 2.45) is 11.8 Å². The Morgan fingerprint density at radius 1 is 1.20 bits per heavy atom. The Morgan fingerprint density at radius 2 is 1.95 bits per heavy atom. The van der Waals surface area contributed by atoms with Crippen molar-refractivity contribution in [1.82, 2.24) is 5.32 Å². The molecule has 2 unspecified atom stereocenters. The van der Waals surface area contributed by atoms with Gasteiger partial charge in [0.15, 0.2) is 11.5 Å². The molecule has 20 heavy (non-hydrogen) atoms. The summed E-state index contributed by atoms with van der Waals surface area (Å²) in [5.74, 6) is 2.70. The summed E-state index contributed by atoms with van der Waals surface area (Å²) >= 11 is 3.57. The number of rotatable bonds is 5. The van der Waals surface area contributed by atoms with Crippen LogP contribution in [0.15, 0.2) is 16.6 Å². The van der Waals surface area contributed by atoms with Crippen molar-refractivity contribution >= 4 is 15.9 Å². The molecule has 0 radical (unpaired) electrons. The SMILES string of the molecule is OCC1CCCC1CNCc1cc2c(cc1Br)OCO2. The molecule has 2 aliphatic rings. The van der Waals surface area contributed by atoms with Crippen LogP contribution < -0.4 is 14.8 Å². The molecule has 5 heteroatoms. The average molecular weight is 342 g/mol. The lowest BCUT2D eigenvalue weighted by Gasteiger charge is -2.18. The van der Waals surface area contributed by atoms with E-state index in [0.29, 0.717) is 25.2 Å². The minimum atomic E-state index is 0.304. The lowest BCUT2D eigenvalue weighted by atomic mass is 9.97. The summed E-state index contributed by atoms with van der Waals surface area (Å²) in [6.45, 7) is 2.39. The van der Waals surface area contributed by atoms with Crippen molar-refractivity contribution in [3.05, 3.63) is 22.2 Å². The van der Waals surface area contributed by atoms with Crippen LogP contribution in [0, 0.1) is 11.8 Å². The quantitative estimate of drug-likeness (QED) is 0.864. The molecule has 2 atom stereocenters. The summed E-state index contributed by atoms with van der Waals surface area (Å²) in [5, 5.41) is 12.8. The van der Waals surface area contributed by atoms with Gasteiger partial charge in [-0.2, -0.15) is 0 Å². The molecule has 0 bridgehead atoms. The number of fused-ring (bicyclic) bond motifs is 1. The van der Waals surface area contributed by atoms with Crippen LogP contribution in [-0.4, -0.2) is 25.1 Å². The van der Waals surface area contributed by atoms with Gasteiger partial charge in [0.25, 0.3) is 0 Å². The first-order valence-corrected chi connectivity index (χ1v) is 7.97. The smallest absolute Gasteiger partial charge is 0.231 e. The van der Waals surface area contributed by atoms with Crippen molar-refractivity contribution < 1.29 is 14.6 Å². The van der Waals surface area contributed by atoms with Gasteiger partial charge in [-0.15, -0.1) is 0 Å². The van der Waals surface area contributed by atoms with E-state index in [1.807, 2.05) is 12.1 Å². The van der Waals surface area contributed by atoms with E-state index in [4.69, 9.17) is 9.47 Å². The zero-order valence-electron chi connectivity index (χ0n) is 11.4. The monoisotopic (exact) mass is 341 g/mol. The van der Waals surface area contributed by atoms with E-state index in [0.717, 1.165) is 35.5 Å². The van der Waals surface area contributed by atoms with Gasteiger partial charge in [0, 0.05) is 17.6 Å². The van der Waals surface area contributed by atoms with Crippen LogP contribution >= 0.6 is 15.9 Å². The molecular weight excluding hydrogens is 322 g/mol. The fourth-order valence-electron chi connectivity index (χ4n) is 3.11. The fourth-order valence-corrected chi connectivity index (χ4v) is 3.57. The third-order valence-electron chi connectivity index (χ3n) is 4.31. The van der Waals surface area contributed by atoms with Gasteiger partial charge in [0.1, 0.15) is 0 Å². The highest BCUT2D eigenvalue weighted by Gasteiger charge is 2.26. The van der Waals surface area contributed by atoms with E-state index in [-0.39, 0.29) is 0 Å². The molecule has 110 valence electrons. The fraction of sp³-hybridized carbons (Fsp3) is 0.600. The topological polar surface area (TPSA) is 50.7 Å². The standard InChI is InChI=1S/C15H20BrNO3/c16-13-5-15-14(19-9-20-15)4-12(13)7-17-6-10-2-1-3-11(10)8-18/h4-5,10-11,17-18H,1-3,6-9H2. The highest BCUT2D eigenvalue weighted by Crippen LogP contribution is 2.37. The lowest BCUT2D eigenvalue weighted by Crippen LogP contribution is -2.26. The number of aliphatic hydroxyl groups excluding tert-OH is 1. The number of benzene rings is 1. The number of aliphatic hydroxyl groups is 1. The van der Waals surface area contributed by atoms with Crippen LogP contribution in [-0.2, 0) is 6.54 Å². The molecule has 1 heterocycles. The van der Waals surface area contributed by atoms with Gasteiger partial charge < -0.3 is 19.9 Å². The van der Waals surface area contributed by atoms with Crippen LogP contribution in [0.4, 0.5) is 0 Å². The second kappa shape index (κ2) is 6.33.